The molecule has 4 rings (SSSR count). The quantitative estimate of drug-likeness (QED) is 0.649. The summed E-state index contributed by atoms with van der Waals surface area (Å²) in [5.74, 6) is 1.90. The van der Waals surface area contributed by atoms with E-state index in [1.807, 2.05) is 47.1 Å². The topological polar surface area (TPSA) is 69.6 Å². The van der Waals surface area contributed by atoms with Gasteiger partial charge in [-0.15, -0.1) is 0 Å². The van der Waals surface area contributed by atoms with E-state index in [0.717, 1.165) is 60.9 Å². The second-order valence-corrected chi connectivity index (χ2v) is 9.08. The number of amides is 2. The molecule has 1 aromatic carbocycles. The van der Waals surface area contributed by atoms with Gasteiger partial charge >= 0.3 is 0 Å². The molecular formula is C26H35N5O2. The summed E-state index contributed by atoms with van der Waals surface area (Å²) < 4.78 is 0. The summed E-state index contributed by atoms with van der Waals surface area (Å²) in [5, 5.41) is 0. The van der Waals surface area contributed by atoms with Crippen LogP contribution in [0.1, 0.15) is 61.7 Å². The first kappa shape index (κ1) is 23.4. The first-order valence-corrected chi connectivity index (χ1v) is 12.2. The Labute approximate surface area is 196 Å². The summed E-state index contributed by atoms with van der Waals surface area (Å²) in [6.45, 7) is 10.3. The van der Waals surface area contributed by atoms with Crippen molar-refractivity contribution in [1.82, 2.24) is 19.8 Å². The van der Waals surface area contributed by atoms with Crippen LogP contribution in [0.2, 0.25) is 0 Å². The minimum atomic E-state index is 0.0963. The fourth-order valence-electron chi connectivity index (χ4n) is 4.87. The average Bonchev–Trinajstić information content (AvgIpc) is 2.84. The van der Waals surface area contributed by atoms with Gasteiger partial charge < -0.3 is 4.90 Å². The van der Waals surface area contributed by atoms with Gasteiger partial charge in [0, 0.05) is 36.7 Å². The summed E-state index contributed by atoms with van der Waals surface area (Å²) in [4.78, 5) is 41.5. The molecule has 0 bridgehead atoms. The minimum absolute atomic E-state index is 0.0963. The van der Waals surface area contributed by atoms with E-state index in [-0.39, 0.29) is 17.7 Å². The summed E-state index contributed by atoms with van der Waals surface area (Å²) in [5.41, 5.74) is 3.11. The van der Waals surface area contributed by atoms with Gasteiger partial charge in [-0.25, -0.2) is 9.97 Å². The largest absolute Gasteiger partial charge is 0.341 e. The van der Waals surface area contributed by atoms with Gasteiger partial charge in [-0.3, -0.25) is 19.4 Å². The molecule has 3 heterocycles. The maximum absolute atomic E-state index is 12.9. The van der Waals surface area contributed by atoms with Crippen LogP contribution in [0.5, 0.6) is 0 Å². The van der Waals surface area contributed by atoms with E-state index in [1.165, 1.54) is 0 Å². The van der Waals surface area contributed by atoms with E-state index >= 15 is 0 Å². The molecule has 0 unspecified atom stereocenters. The van der Waals surface area contributed by atoms with Crippen LogP contribution in [0, 0.1) is 6.92 Å². The summed E-state index contributed by atoms with van der Waals surface area (Å²) in [6.07, 6.45) is 3.08. The fraction of sp³-hybridized carbons (Fsp3) is 0.538. The zero-order valence-corrected chi connectivity index (χ0v) is 20.1. The number of likely N-dealkylation sites (N-methyl/N-ethyl adjacent to an activating group) is 1. The van der Waals surface area contributed by atoms with E-state index in [9.17, 15) is 9.59 Å². The number of nitrogens with zero attached hydrogens (tertiary/aromatic N) is 5. The van der Waals surface area contributed by atoms with Crippen molar-refractivity contribution in [2.75, 3.05) is 37.6 Å². The van der Waals surface area contributed by atoms with Gasteiger partial charge in [0.15, 0.2) is 0 Å². The van der Waals surface area contributed by atoms with Crippen molar-refractivity contribution in [3.05, 3.63) is 53.0 Å². The van der Waals surface area contributed by atoms with Crippen molar-refractivity contribution in [2.24, 2.45) is 0 Å². The van der Waals surface area contributed by atoms with Gasteiger partial charge in [-0.2, -0.15) is 0 Å². The Kier molecular flexibility index (Phi) is 7.38. The van der Waals surface area contributed by atoms with Crippen LogP contribution in [0.25, 0.3) is 0 Å². The van der Waals surface area contributed by atoms with Gasteiger partial charge in [-0.05, 0) is 44.8 Å². The molecular weight excluding hydrogens is 414 g/mol. The third kappa shape index (κ3) is 5.24. The number of carbonyl (C=O) groups is 2. The normalized spacial score (nSPS) is 18.5. The second-order valence-electron chi connectivity index (χ2n) is 9.08. The number of aromatic nitrogens is 2. The van der Waals surface area contributed by atoms with Crippen LogP contribution in [-0.4, -0.2) is 64.3 Å². The molecule has 2 aliphatic rings. The number of aryl methyl sites for hydroxylation is 1. The van der Waals surface area contributed by atoms with E-state index in [4.69, 9.17) is 9.97 Å². The molecule has 2 aromatic rings. The Morgan fingerprint density at radius 3 is 2.61 bits per heavy atom. The zero-order valence-electron chi connectivity index (χ0n) is 20.1. The maximum atomic E-state index is 12.9. The molecule has 1 atom stereocenters. The van der Waals surface area contributed by atoms with Gasteiger partial charge in [0.25, 0.3) is 0 Å². The first-order chi connectivity index (χ1) is 16.0. The second kappa shape index (κ2) is 10.4. The van der Waals surface area contributed by atoms with Crippen molar-refractivity contribution in [3.63, 3.8) is 0 Å². The van der Waals surface area contributed by atoms with Crippen LogP contribution in [-0.2, 0) is 22.6 Å². The molecule has 176 valence electrons. The number of piperidine rings is 1. The molecule has 2 aliphatic heterocycles. The Morgan fingerprint density at radius 2 is 1.88 bits per heavy atom. The van der Waals surface area contributed by atoms with Crippen LogP contribution in [0.3, 0.4) is 0 Å². The smallest absolute Gasteiger partial charge is 0.236 e. The molecule has 2 amide bonds. The number of benzene rings is 1. The number of carbonyl (C=O) groups excluding carboxylic acids is 2. The van der Waals surface area contributed by atoms with E-state index in [1.54, 1.807) is 0 Å². The number of rotatable bonds is 7. The summed E-state index contributed by atoms with van der Waals surface area (Å²) in [7, 11) is 0. The highest BCUT2D eigenvalue weighted by Crippen LogP contribution is 2.33. The standard InChI is InChI=1S/C26H35N5O2/c1-4-29(5-2)18-24(33)30-15-9-12-21(17-30)25-27-19(3)22-13-14-23(32)31(26(22)28-25)16-20-10-7-6-8-11-20/h6-8,10-11,21H,4-5,9,12-18H2,1-3H3/t21-/m1/s1. The zero-order chi connectivity index (χ0) is 23.4. The third-order valence-corrected chi connectivity index (χ3v) is 6.93. The van der Waals surface area contributed by atoms with Crippen LogP contribution in [0.4, 0.5) is 5.82 Å². The van der Waals surface area contributed by atoms with E-state index < -0.39 is 0 Å². The maximum Gasteiger partial charge on any atom is 0.236 e. The SMILES string of the molecule is CCN(CC)CC(=O)N1CCC[C@@H](c2nc(C)c3c(n2)N(Cc2ccccc2)C(=O)CC3)C1. The number of likely N-dealkylation sites (tertiary alicyclic amines) is 1. The highest BCUT2D eigenvalue weighted by molar-refractivity contribution is 5.95. The van der Waals surface area contributed by atoms with Crippen molar-refractivity contribution in [1.29, 1.82) is 0 Å². The molecule has 1 saturated heterocycles. The Hall–Kier alpha value is -2.80. The van der Waals surface area contributed by atoms with E-state index in [0.29, 0.717) is 32.5 Å². The number of hydrogen-bond acceptors (Lipinski definition) is 5. The highest BCUT2D eigenvalue weighted by Gasteiger charge is 2.32. The first-order valence-electron chi connectivity index (χ1n) is 12.2. The molecule has 0 spiro atoms. The summed E-state index contributed by atoms with van der Waals surface area (Å²) >= 11 is 0. The van der Waals surface area contributed by atoms with Crippen LogP contribution in [0.15, 0.2) is 30.3 Å². The molecule has 1 fully saturated rings. The molecule has 0 N–H and O–H groups in total. The molecule has 0 saturated carbocycles. The van der Waals surface area contributed by atoms with Gasteiger partial charge in [0.05, 0.1) is 13.1 Å². The molecule has 7 nitrogen and oxygen atoms in total. The van der Waals surface area contributed by atoms with Gasteiger partial charge in [0.1, 0.15) is 11.6 Å². The van der Waals surface area contributed by atoms with Crippen molar-refractivity contribution >= 4 is 17.6 Å². The Balaban J connectivity index is 1.57. The van der Waals surface area contributed by atoms with Crippen LogP contribution < -0.4 is 4.90 Å². The lowest BCUT2D eigenvalue weighted by Gasteiger charge is -2.35. The molecule has 0 aliphatic carbocycles. The number of anilines is 1. The lowest BCUT2D eigenvalue weighted by atomic mass is 9.95. The lowest BCUT2D eigenvalue weighted by molar-refractivity contribution is -0.133. The number of hydrogen-bond donors (Lipinski definition) is 0. The fourth-order valence-corrected chi connectivity index (χ4v) is 4.87. The predicted octanol–water partition coefficient (Wildman–Crippen LogP) is 3.31. The van der Waals surface area contributed by atoms with Crippen molar-refractivity contribution < 1.29 is 9.59 Å². The van der Waals surface area contributed by atoms with Crippen molar-refractivity contribution in [2.45, 2.75) is 58.9 Å². The minimum Gasteiger partial charge on any atom is -0.341 e. The molecule has 0 radical (unpaired) electrons. The Bertz CT molecular complexity index is 990. The lowest BCUT2D eigenvalue weighted by Crippen LogP contribution is -2.45. The van der Waals surface area contributed by atoms with E-state index in [2.05, 4.69) is 18.7 Å². The number of fused-ring (bicyclic) bond motifs is 1. The van der Waals surface area contributed by atoms with Crippen molar-refractivity contribution in [3.8, 4) is 0 Å². The predicted molar refractivity (Wildman–Crippen MR) is 129 cm³/mol. The van der Waals surface area contributed by atoms with Crippen LogP contribution >= 0.6 is 0 Å². The molecule has 7 heteroatoms. The highest BCUT2D eigenvalue weighted by atomic mass is 16.2. The van der Waals surface area contributed by atoms with Gasteiger partial charge in [-0.1, -0.05) is 44.2 Å². The average molecular weight is 450 g/mol. The molecule has 33 heavy (non-hydrogen) atoms. The Morgan fingerprint density at radius 1 is 1.12 bits per heavy atom. The van der Waals surface area contributed by atoms with Gasteiger partial charge in [0.2, 0.25) is 11.8 Å². The molecule has 1 aromatic heterocycles. The monoisotopic (exact) mass is 449 g/mol. The third-order valence-electron chi connectivity index (χ3n) is 6.93. The summed E-state index contributed by atoms with van der Waals surface area (Å²) in [6, 6.07) is 10.0.